The van der Waals surface area contributed by atoms with Crippen LogP contribution < -0.4 is 16.6 Å². The van der Waals surface area contributed by atoms with Crippen molar-refractivity contribution in [2.75, 3.05) is 13.1 Å². The molecule has 0 aliphatic carbocycles. The molecule has 11 heteroatoms. The Balaban J connectivity index is 1.46. The van der Waals surface area contributed by atoms with Crippen LogP contribution in [0.3, 0.4) is 0 Å². The van der Waals surface area contributed by atoms with Crippen molar-refractivity contribution in [3.05, 3.63) is 86.7 Å². The first-order valence-electron chi connectivity index (χ1n) is 13.1. The third-order valence-corrected chi connectivity index (χ3v) is 7.71. The molecule has 1 aliphatic rings. The van der Waals surface area contributed by atoms with Gasteiger partial charge in [0.1, 0.15) is 12.0 Å². The number of benzene rings is 1. The molecule has 0 bridgehead atoms. The van der Waals surface area contributed by atoms with Crippen molar-refractivity contribution in [3.63, 3.8) is 0 Å². The van der Waals surface area contributed by atoms with Gasteiger partial charge in [-0.15, -0.1) is 0 Å². The normalized spacial score (nSPS) is 15.5. The molecule has 1 N–H and O–H groups in total. The Morgan fingerprint density at radius 3 is 2.69 bits per heavy atom. The van der Waals surface area contributed by atoms with E-state index in [4.69, 9.17) is 11.6 Å². The molecule has 0 unspecified atom stereocenters. The fraction of sp³-hybridized carbons (Fsp3) is 0.357. The highest BCUT2D eigenvalue weighted by molar-refractivity contribution is 6.32. The molecule has 202 valence electrons. The van der Waals surface area contributed by atoms with Gasteiger partial charge in [-0.3, -0.25) is 13.9 Å². The molecule has 0 saturated carbocycles. The zero-order chi connectivity index (χ0) is 27.3. The molecule has 6 rings (SSSR count). The molecule has 0 atom stereocenters. The van der Waals surface area contributed by atoms with E-state index >= 15 is 4.39 Å². The minimum absolute atomic E-state index is 0.0789. The van der Waals surface area contributed by atoms with E-state index in [2.05, 4.69) is 15.4 Å². The first-order chi connectivity index (χ1) is 18.7. The maximum absolute atomic E-state index is 15.7. The summed E-state index contributed by atoms with van der Waals surface area (Å²) in [4.78, 5) is 30.1. The van der Waals surface area contributed by atoms with Gasteiger partial charge in [0.2, 0.25) is 0 Å². The van der Waals surface area contributed by atoms with Crippen LogP contribution >= 0.6 is 11.6 Å². The summed E-state index contributed by atoms with van der Waals surface area (Å²) < 4.78 is 22.1. The van der Waals surface area contributed by atoms with Gasteiger partial charge < -0.3 is 9.88 Å². The zero-order valence-corrected chi connectivity index (χ0v) is 22.5. The molecule has 1 fully saturated rings. The number of halogens is 2. The number of piperidine rings is 1. The lowest BCUT2D eigenvalue weighted by atomic mass is 9.94. The van der Waals surface area contributed by atoms with Crippen molar-refractivity contribution in [1.82, 2.24) is 33.6 Å². The van der Waals surface area contributed by atoms with Gasteiger partial charge >= 0.3 is 5.69 Å². The highest BCUT2D eigenvalue weighted by Crippen LogP contribution is 2.36. The fourth-order valence-electron chi connectivity index (χ4n) is 5.49. The van der Waals surface area contributed by atoms with Crippen LogP contribution in [0.2, 0.25) is 5.02 Å². The van der Waals surface area contributed by atoms with Gasteiger partial charge in [0.05, 0.1) is 29.8 Å². The number of nitrogens with one attached hydrogen (secondary N) is 1. The molecule has 5 heterocycles. The molecule has 1 aromatic carbocycles. The minimum Gasteiger partial charge on any atom is -0.344 e. The number of rotatable bonds is 6. The van der Waals surface area contributed by atoms with Crippen LogP contribution in [0, 0.1) is 0 Å². The lowest BCUT2D eigenvalue weighted by molar-refractivity contribution is 0.0955. The van der Waals surface area contributed by atoms with E-state index in [0.29, 0.717) is 42.2 Å². The van der Waals surface area contributed by atoms with Crippen molar-refractivity contribution < 1.29 is 4.39 Å². The summed E-state index contributed by atoms with van der Waals surface area (Å²) in [6.45, 7) is 5.42. The van der Waals surface area contributed by atoms with Crippen LogP contribution in [0.25, 0.3) is 27.7 Å². The number of alkyl halides is 1. The second-order valence-electron chi connectivity index (χ2n) is 10.5. The molecular weight excluding hydrogens is 521 g/mol. The molecule has 4 aromatic heterocycles. The van der Waals surface area contributed by atoms with E-state index in [0.717, 1.165) is 22.0 Å². The largest absolute Gasteiger partial charge is 0.344 e. The monoisotopic (exact) mass is 549 g/mol. The summed E-state index contributed by atoms with van der Waals surface area (Å²) >= 11 is 6.52. The Labute approximate surface area is 228 Å². The Bertz CT molecular complexity index is 1810. The summed E-state index contributed by atoms with van der Waals surface area (Å²) in [7, 11) is 0. The van der Waals surface area contributed by atoms with Gasteiger partial charge in [0, 0.05) is 46.7 Å². The van der Waals surface area contributed by atoms with Crippen molar-refractivity contribution in [1.29, 1.82) is 0 Å². The first kappa shape index (κ1) is 25.5. The molecule has 0 spiro atoms. The second kappa shape index (κ2) is 9.77. The maximum Gasteiger partial charge on any atom is 0.331 e. The van der Waals surface area contributed by atoms with Crippen molar-refractivity contribution >= 4 is 28.0 Å². The molecule has 1 saturated heterocycles. The lowest BCUT2D eigenvalue weighted by Crippen LogP contribution is -2.41. The van der Waals surface area contributed by atoms with E-state index in [1.54, 1.807) is 10.7 Å². The molecule has 9 nitrogen and oxygen atoms in total. The van der Waals surface area contributed by atoms with Crippen molar-refractivity contribution in [3.8, 4) is 11.3 Å². The predicted octanol–water partition coefficient (Wildman–Crippen LogP) is 4.05. The number of aromatic nitrogens is 6. The standard InChI is InChI=1S/C28H29ClFN7O2/c1-18(2)35-10-4-24(38)36(27(35)39)14-19-11-23-25(32-17-33-37(23)15-19)22-13-21(29)12-20-3-9-34(26(20)22)16-28(30)5-7-31-8-6-28/h3-4,9-13,15,17-18,31H,5-8,14,16H2,1-2H3. The third-order valence-electron chi connectivity index (χ3n) is 7.49. The zero-order valence-electron chi connectivity index (χ0n) is 21.8. The van der Waals surface area contributed by atoms with Gasteiger partial charge in [0.25, 0.3) is 5.56 Å². The van der Waals surface area contributed by atoms with E-state index < -0.39 is 5.67 Å². The van der Waals surface area contributed by atoms with E-state index in [1.807, 2.05) is 48.9 Å². The summed E-state index contributed by atoms with van der Waals surface area (Å²) in [5.41, 5.74) is 1.61. The Kier molecular flexibility index (Phi) is 6.39. The van der Waals surface area contributed by atoms with Crippen LogP contribution in [0.5, 0.6) is 0 Å². The van der Waals surface area contributed by atoms with Crippen LogP contribution in [-0.2, 0) is 13.1 Å². The van der Waals surface area contributed by atoms with Gasteiger partial charge in [-0.2, -0.15) is 5.10 Å². The second-order valence-corrected chi connectivity index (χ2v) is 11.0. The Hall–Kier alpha value is -3.76. The average molecular weight is 550 g/mol. The van der Waals surface area contributed by atoms with Crippen molar-refractivity contribution in [2.24, 2.45) is 0 Å². The Morgan fingerprint density at radius 1 is 1.13 bits per heavy atom. The highest BCUT2D eigenvalue weighted by Gasteiger charge is 2.32. The molecule has 39 heavy (non-hydrogen) atoms. The quantitative estimate of drug-likeness (QED) is 0.345. The number of fused-ring (bicyclic) bond motifs is 2. The number of hydrogen-bond acceptors (Lipinski definition) is 5. The molecule has 0 amide bonds. The highest BCUT2D eigenvalue weighted by atomic mass is 35.5. The molecule has 0 radical (unpaired) electrons. The third kappa shape index (κ3) is 4.68. The van der Waals surface area contributed by atoms with Crippen LogP contribution in [0.4, 0.5) is 4.39 Å². The van der Waals surface area contributed by atoms with Crippen LogP contribution in [-0.4, -0.2) is 47.1 Å². The summed E-state index contributed by atoms with van der Waals surface area (Å²) in [6, 6.07) is 8.85. The smallest absolute Gasteiger partial charge is 0.331 e. The van der Waals surface area contributed by atoms with Crippen LogP contribution in [0.15, 0.2) is 64.8 Å². The summed E-state index contributed by atoms with van der Waals surface area (Å²) in [6.07, 6.45) is 7.56. The van der Waals surface area contributed by atoms with E-state index in [9.17, 15) is 9.59 Å². The van der Waals surface area contributed by atoms with E-state index in [-0.39, 0.29) is 30.4 Å². The van der Waals surface area contributed by atoms with E-state index in [1.165, 1.54) is 27.7 Å². The van der Waals surface area contributed by atoms with Gasteiger partial charge in [-0.05, 0) is 69.6 Å². The van der Waals surface area contributed by atoms with Gasteiger partial charge in [-0.1, -0.05) is 11.6 Å². The summed E-state index contributed by atoms with van der Waals surface area (Å²) in [5, 5.41) is 9.03. The minimum atomic E-state index is -1.30. The average Bonchev–Trinajstić information content (AvgIpc) is 3.49. The summed E-state index contributed by atoms with van der Waals surface area (Å²) in [5.74, 6) is 0. The Morgan fingerprint density at radius 2 is 1.92 bits per heavy atom. The predicted molar refractivity (Wildman–Crippen MR) is 149 cm³/mol. The lowest BCUT2D eigenvalue weighted by Gasteiger charge is -2.30. The fourth-order valence-corrected chi connectivity index (χ4v) is 5.72. The number of nitrogens with zero attached hydrogens (tertiary/aromatic N) is 6. The van der Waals surface area contributed by atoms with Gasteiger partial charge in [0.15, 0.2) is 0 Å². The van der Waals surface area contributed by atoms with Gasteiger partial charge in [-0.25, -0.2) is 18.7 Å². The maximum atomic E-state index is 15.7. The first-order valence-corrected chi connectivity index (χ1v) is 13.4. The van der Waals surface area contributed by atoms with Crippen molar-refractivity contribution in [2.45, 2.75) is 51.5 Å². The molecule has 5 aromatic rings. The number of hydrogen-bond donors (Lipinski definition) is 1. The van der Waals surface area contributed by atoms with Crippen LogP contribution in [0.1, 0.15) is 38.3 Å². The molecule has 1 aliphatic heterocycles. The SMILES string of the molecule is CC(C)n1ccc(=O)n(Cc2cc3c(-c4cc(Cl)cc5ccn(CC6(F)CCNCC6)c45)ncnn3c2)c1=O. The topological polar surface area (TPSA) is 91.2 Å². The molecular formula is C28H29ClFN7O2.